The van der Waals surface area contributed by atoms with Gasteiger partial charge in [-0.25, -0.2) is 0 Å². The number of benzene rings is 1. The lowest BCUT2D eigenvalue weighted by Crippen LogP contribution is -2.56. The molecule has 0 saturated carbocycles. The van der Waals surface area contributed by atoms with Gasteiger partial charge in [-0.3, -0.25) is 9.59 Å². The monoisotopic (exact) mass is 403 g/mol. The van der Waals surface area contributed by atoms with Gasteiger partial charge in [-0.15, -0.1) is 0 Å². The molecular weight excluding hydrogens is 366 g/mol. The van der Waals surface area contributed by atoms with Crippen molar-refractivity contribution in [3.05, 3.63) is 24.3 Å². The summed E-state index contributed by atoms with van der Waals surface area (Å²) < 4.78 is 5.24. The molecule has 2 amide bonds. The number of nitrogens with zero attached hydrogens (tertiary/aromatic N) is 2. The number of amides is 2. The number of rotatable bonds is 9. The fourth-order valence-corrected chi connectivity index (χ4v) is 4.35. The Balaban J connectivity index is 2.12. The van der Waals surface area contributed by atoms with Crippen molar-refractivity contribution < 1.29 is 14.3 Å². The molecule has 1 aliphatic rings. The van der Waals surface area contributed by atoms with E-state index in [0.717, 1.165) is 24.4 Å². The molecule has 0 aliphatic carbocycles. The molecule has 0 spiro atoms. The van der Waals surface area contributed by atoms with Crippen LogP contribution < -0.4 is 15.4 Å². The molecule has 2 N–H and O–H groups in total. The van der Waals surface area contributed by atoms with E-state index in [1.165, 1.54) is 0 Å². The van der Waals surface area contributed by atoms with E-state index in [1.54, 1.807) is 7.11 Å². The summed E-state index contributed by atoms with van der Waals surface area (Å²) in [6.45, 7) is 10.4. The number of primary amides is 1. The van der Waals surface area contributed by atoms with Crippen LogP contribution in [-0.2, 0) is 9.59 Å². The Hall–Kier alpha value is -2.24. The van der Waals surface area contributed by atoms with Gasteiger partial charge in [0.15, 0.2) is 0 Å². The number of piperazine rings is 1. The first kappa shape index (κ1) is 23.0. The van der Waals surface area contributed by atoms with Gasteiger partial charge < -0.3 is 20.3 Å². The maximum atomic E-state index is 13.4. The molecule has 0 bridgehead atoms. The van der Waals surface area contributed by atoms with Crippen LogP contribution in [0.15, 0.2) is 24.3 Å². The van der Waals surface area contributed by atoms with Crippen molar-refractivity contribution >= 4 is 17.5 Å². The molecule has 6 nitrogen and oxygen atoms in total. The van der Waals surface area contributed by atoms with Crippen LogP contribution >= 0.6 is 0 Å². The van der Waals surface area contributed by atoms with Gasteiger partial charge in [0, 0.05) is 43.2 Å². The minimum absolute atomic E-state index is 0.0807. The second kappa shape index (κ2) is 10.5. The Morgan fingerprint density at radius 3 is 2.31 bits per heavy atom. The highest BCUT2D eigenvalue weighted by Crippen LogP contribution is 2.29. The van der Waals surface area contributed by atoms with Gasteiger partial charge in [0.1, 0.15) is 5.75 Å². The standard InChI is InChI=1S/C23H37N3O3/c1-6-7-20(22(24)27)21(14-16(2)3)23(28)25-12-13-26(17(4)15-25)18-8-10-19(29-5)11-9-18/h8-11,16-17,20-21H,6-7,12-15H2,1-5H3,(H2,24,27)/t17?,20-,21+/m0/s1. The van der Waals surface area contributed by atoms with Crippen LogP contribution in [0.4, 0.5) is 5.69 Å². The van der Waals surface area contributed by atoms with Crippen LogP contribution in [0.3, 0.4) is 0 Å². The third kappa shape index (κ3) is 5.87. The van der Waals surface area contributed by atoms with Gasteiger partial charge in [-0.2, -0.15) is 0 Å². The van der Waals surface area contributed by atoms with E-state index in [0.29, 0.717) is 31.8 Å². The SMILES string of the molecule is CCC[C@H](C(N)=O)[C@@H](CC(C)C)C(=O)N1CCN(c2ccc(OC)cc2)C(C)C1. The van der Waals surface area contributed by atoms with Crippen molar-refractivity contribution in [2.45, 2.75) is 53.0 Å². The van der Waals surface area contributed by atoms with Crippen LogP contribution in [0.25, 0.3) is 0 Å². The van der Waals surface area contributed by atoms with E-state index >= 15 is 0 Å². The summed E-state index contributed by atoms with van der Waals surface area (Å²) in [4.78, 5) is 29.7. The van der Waals surface area contributed by atoms with E-state index < -0.39 is 0 Å². The number of carbonyl (C=O) groups is 2. The highest BCUT2D eigenvalue weighted by atomic mass is 16.5. The quantitative estimate of drug-likeness (QED) is 0.686. The lowest BCUT2D eigenvalue weighted by Gasteiger charge is -2.43. The second-order valence-electron chi connectivity index (χ2n) is 8.56. The lowest BCUT2D eigenvalue weighted by atomic mass is 9.81. The number of hydrogen-bond donors (Lipinski definition) is 1. The number of hydrogen-bond acceptors (Lipinski definition) is 4. The van der Waals surface area contributed by atoms with Crippen LogP contribution in [0, 0.1) is 17.8 Å². The van der Waals surface area contributed by atoms with Crippen LogP contribution in [0.2, 0.25) is 0 Å². The predicted molar refractivity (Wildman–Crippen MR) is 117 cm³/mol. The topological polar surface area (TPSA) is 75.9 Å². The summed E-state index contributed by atoms with van der Waals surface area (Å²) in [5.74, 6) is 0.186. The average molecular weight is 404 g/mol. The fraction of sp³-hybridized carbons (Fsp3) is 0.652. The Morgan fingerprint density at radius 2 is 1.83 bits per heavy atom. The first-order chi connectivity index (χ1) is 13.8. The van der Waals surface area contributed by atoms with Crippen LogP contribution in [-0.4, -0.2) is 49.5 Å². The number of carbonyl (C=O) groups excluding carboxylic acids is 2. The summed E-state index contributed by atoms with van der Waals surface area (Å²) in [6.07, 6.45) is 2.20. The molecular formula is C23H37N3O3. The molecule has 1 aromatic carbocycles. The molecule has 1 saturated heterocycles. The Kier molecular flexibility index (Phi) is 8.35. The molecule has 1 unspecified atom stereocenters. The summed E-state index contributed by atoms with van der Waals surface area (Å²) >= 11 is 0. The van der Waals surface area contributed by atoms with Crippen LogP contribution in [0.1, 0.15) is 47.0 Å². The van der Waals surface area contributed by atoms with Crippen molar-refractivity contribution in [1.29, 1.82) is 0 Å². The van der Waals surface area contributed by atoms with Gasteiger partial charge in [0.2, 0.25) is 11.8 Å². The molecule has 1 heterocycles. The number of anilines is 1. The van der Waals surface area contributed by atoms with E-state index in [1.807, 2.05) is 24.0 Å². The molecule has 0 aromatic heterocycles. The molecule has 1 aromatic rings. The minimum Gasteiger partial charge on any atom is -0.497 e. The van der Waals surface area contributed by atoms with Crippen molar-refractivity contribution in [2.24, 2.45) is 23.5 Å². The van der Waals surface area contributed by atoms with Crippen molar-refractivity contribution in [3.63, 3.8) is 0 Å². The van der Waals surface area contributed by atoms with Gasteiger partial charge in [-0.1, -0.05) is 27.2 Å². The van der Waals surface area contributed by atoms with Crippen molar-refractivity contribution in [3.8, 4) is 5.75 Å². The fourth-order valence-electron chi connectivity index (χ4n) is 4.35. The molecule has 1 aliphatic heterocycles. The molecule has 3 atom stereocenters. The first-order valence-corrected chi connectivity index (χ1v) is 10.8. The molecule has 1 fully saturated rings. The normalized spacial score (nSPS) is 19.2. The summed E-state index contributed by atoms with van der Waals surface area (Å²) in [5, 5.41) is 0. The highest BCUT2D eigenvalue weighted by molar-refractivity contribution is 5.87. The number of ether oxygens (including phenoxy) is 1. The molecule has 2 rings (SSSR count). The Bertz CT molecular complexity index is 674. The third-order valence-corrected chi connectivity index (χ3v) is 5.84. The largest absolute Gasteiger partial charge is 0.497 e. The average Bonchev–Trinajstić information content (AvgIpc) is 2.69. The summed E-state index contributed by atoms with van der Waals surface area (Å²) in [7, 11) is 1.66. The zero-order valence-electron chi connectivity index (χ0n) is 18.6. The van der Waals surface area contributed by atoms with Crippen molar-refractivity contribution in [1.82, 2.24) is 4.90 Å². The zero-order valence-corrected chi connectivity index (χ0v) is 18.6. The van der Waals surface area contributed by atoms with Crippen LogP contribution in [0.5, 0.6) is 5.75 Å². The molecule has 6 heteroatoms. The second-order valence-corrected chi connectivity index (χ2v) is 8.56. The first-order valence-electron chi connectivity index (χ1n) is 10.8. The van der Waals surface area contributed by atoms with Gasteiger partial charge in [0.05, 0.1) is 7.11 Å². The predicted octanol–water partition coefficient (Wildman–Crippen LogP) is 3.30. The number of nitrogens with two attached hydrogens (primary N) is 1. The smallest absolute Gasteiger partial charge is 0.226 e. The molecule has 0 radical (unpaired) electrons. The van der Waals surface area contributed by atoms with Crippen molar-refractivity contribution in [2.75, 3.05) is 31.6 Å². The third-order valence-electron chi connectivity index (χ3n) is 5.84. The summed E-state index contributed by atoms with van der Waals surface area (Å²) in [5.41, 5.74) is 6.82. The van der Waals surface area contributed by atoms with E-state index in [2.05, 4.69) is 37.8 Å². The van der Waals surface area contributed by atoms with E-state index in [4.69, 9.17) is 10.5 Å². The van der Waals surface area contributed by atoms with E-state index in [9.17, 15) is 9.59 Å². The van der Waals surface area contributed by atoms with Gasteiger partial charge in [0.25, 0.3) is 0 Å². The Morgan fingerprint density at radius 1 is 1.17 bits per heavy atom. The molecule has 29 heavy (non-hydrogen) atoms. The summed E-state index contributed by atoms with van der Waals surface area (Å²) in [6, 6.07) is 8.22. The zero-order chi connectivity index (χ0) is 21.6. The maximum absolute atomic E-state index is 13.4. The lowest BCUT2D eigenvalue weighted by molar-refractivity contribution is -0.142. The molecule has 162 valence electrons. The minimum atomic E-state index is -0.384. The van der Waals surface area contributed by atoms with Gasteiger partial charge in [-0.05, 0) is 49.9 Å². The van der Waals surface area contributed by atoms with Gasteiger partial charge >= 0.3 is 0 Å². The van der Waals surface area contributed by atoms with E-state index in [-0.39, 0.29) is 29.7 Å². The maximum Gasteiger partial charge on any atom is 0.226 e. The number of methoxy groups -OCH3 is 1. The highest BCUT2D eigenvalue weighted by Gasteiger charge is 2.37. The Labute approximate surface area is 175 Å².